The molecule has 1 aromatic heterocycles. The molecular formula is C14H23N3O. The SMILES string of the molecule is CCC(C)CN(CC)C(=O)c1cnccc1NC. The second-order valence-electron chi connectivity index (χ2n) is 4.53. The Morgan fingerprint density at radius 1 is 1.50 bits per heavy atom. The zero-order chi connectivity index (χ0) is 13.5. The highest BCUT2D eigenvalue weighted by Crippen LogP contribution is 2.16. The molecule has 0 aliphatic heterocycles. The first-order valence-electron chi connectivity index (χ1n) is 6.55. The molecule has 1 amide bonds. The van der Waals surface area contributed by atoms with E-state index in [0.717, 1.165) is 25.2 Å². The summed E-state index contributed by atoms with van der Waals surface area (Å²) in [5.74, 6) is 0.568. The maximum absolute atomic E-state index is 12.5. The van der Waals surface area contributed by atoms with Gasteiger partial charge in [-0.1, -0.05) is 20.3 Å². The quantitative estimate of drug-likeness (QED) is 0.843. The highest BCUT2D eigenvalue weighted by Gasteiger charge is 2.18. The molecule has 4 heteroatoms. The topological polar surface area (TPSA) is 45.2 Å². The molecule has 1 atom stereocenters. The molecule has 0 radical (unpaired) electrons. The molecule has 1 aromatic rings. The summed E-state index contributed by atoms with van der Waals surface area (Å²) < 4.78 is 0. The standard InChI is InChI=1S/C14H23N3O/c1-5-11(3)10-17(6-2)14(18)12-9-16-8-7-13(12)15-4/h7-9,11H,5-6,10H2,1-4H3,(H,15,16). The Hall–Kier alpha value is -1.58. The van der Waals surface area contributed by atoms with Crippen LogP contribution >= 0.6 is 0 Å². The molecule has 0 saturated heterocycles. The van der Waals surface area contributed by atoms with E-state index in [4.69, 9.17) is 0 Å². The van der Waals surface area contributed by atoms with Gasteiger partial charge in [-0.3, -0.25) is 9.78 Å². The van der Waals surface area contributed by atoms with Gasteiger partial charge in [0.15, 0.2) is 0 Å². The maximum Gasteiger partial charge on any atom is 0.257 e. The Balaban J connectivity index is 2.89. The lowest BCUT2D eigenvalue weighted by Crippen LogP contribution is -2.35. The molecule has 0 saturated carbocycles. The summed E-state index contributed by atoms with van der Waals surface area (Å²) in [6, 6.07) is 1.82. The van der Waals surface area contributed by atoms with Crippen LogP contribution in [-0.2, 0) is 0 Å². The van der Waals surface area contributed by atoms with E-state index in [1.165, 1.54) is 0 Å². The fraction of sp³-hybridized carbons (Fsp3) is 0.571. The van der Waals surface area contributed by atoms with Gasteiger partial charge in [0.05, 0.1) is 5.56 Å². The van der Waals surface area contributed by atoms with E-state index in [1.807, 2.05) is 24.9 Å². The van der Waals surface area contributed by atoms with Crippen LogP contribution < -0.4 is 5.32 Å². The van der Waals surface area contributed by atoms with Crippen molar-refractivity contribution in [1.29, 1.82) is 0 Å². The number of rotatable bonds is 6. The molecule has 1 rings (SSSR count). The van der Waals surface area contributed by atoms with Gasteiger partial charge in [-0.15, -0.1) is 0 Å². The Morgan fingerprint density at radius 3 is 2.78 bits per heavy atom. The first-order chi connectivity index (χ1) is 8.63. The Labute approximate surface area is 109 Å². The van der Waals surface area contributed by atoms with Crippen LogP contribution in [0.1, 0.15) is 37.6 Å². The van der Waals surface area contributed by atoms with Crippen LogP contribution in [0.4, 0.5) is 5.69 Å². The van der Waals surface area contributed by atoms with Gasteiger partial charge >= 0.3 is 0 Å². The summed E-state index contributed by atoms with van der Waals surface area (Å²) in [6.07, 6.45) is 4.40. The van der Waals surface area contributed by atoms with Crippen molar-refractivity contribution in [2.45, 2.75) is 27.2 Å². The summed E-state index contributed by atoms with van der Waals surface area (Å²) in [5, 5.41) is 3.04. The van der Waals surface area contributed by atoms with Crippen LogP contribution in [0.15, 0.2) is 18.5 Å². The van der Waals surface area contributed by atoms with Gasteiger partial charge in [0.25, 0.3) is 5.91 Å². The third-order valence-electron chi connectivity index (χ3n) is 3.22. The average molecular weight is 249 g/mol. The zero-order valence-electron chi connectivity index (χ0n) is 11.7. The molecule has 0 spiro atoms. The van der Waals surface area contributed by atoms with Gasteiger partial charge < -0.3 is 10.2 Å². The fourth-order valence-corrected chi connectivity index (χ4v) is 1.81. The van der Waals surface area contributed by atoms with E-state index < -0.39 is 0 Å². The molecular weight excluding hydrogens is 226 g/mol. The Morgan fingerprint density at radius 2 is 2.22 bits per heavy atom. The van der Waals surface area contributed by atoms with Gasteiger partial charge in [0.2, 0.25) is 0 Å². The number of carbonyl (C=O) groups excluding carboxylic acids is 1. The molecule has 0 aromatic carbocycles. The number of anilines is 1. The summed E-state index contributed by atoms with van der Waals surface area (Å²) in [7, 11) is 1.82. The molecule has 4 nitrogen and oxygen atoms in total. The highest BCUT2D eigenvalue weighted by atomic mass is 16.2. The number of nitrogens with zero attached hydrogens (tertiary/aromatic N) is 2. The van der Waals surface area contributed by atoms with Crippen LogP contribution in [0, 0.1) is 5.92 Å². The summed E-state index contributed by atoms with van der Waals surface area (Å²) >= 11 is 0. The molecule has 1 unspecified atom stereocenters. The lowest BCUT2D eigenvalue weighted by Gasteiger charge is -2.24. The average Bonchev–Trinajstić information content (AvgIpc) is 2.43. The molecule has 18 heavy (non-hydrogen) atoms. The lowest BCUT2D eigenvalue weighted by atomic mass is 10.1. The number of carbonyl (C=O) groups is 1. The van der Waals surface area contributed by atoms with E-state index in [2.05, 4.69) is 24.1 Å². The number of amides is 1. The van der Waals surface area contributed by atoms with Crippen molar-refractivity contribution >= 4 is 11.6 Å². The largest absolute Gasteiger partial charge is 0.387 e. The number of aromatic nitrogens is 1. The monoisotopic (exact) mass is 249 g/mol. The van der Waals surface area contributed by atoms with Crippen molar-refractivity contribution < 1.29 is 4.79 Å². The fourth-order valence-electron chi connectivity index (χ4n) is 1.81. The third-order valence-corrected chi connectivity index (χ3v) is 3.22. The minimum absolute atomic E-state index is 0.0512. The lowest BCUT2D eigenvalue weighted by molar-refractivity contribution is 0.0741. The zero-order valence-corrected chi connectivity index (χ0v) is 11.7. The predicted octanol–water partition coefficient (Wildman–Crippen LogP) is 2.63. The van der Waals surface area contributed by atoms with Gasteiger partial charge in [-0.05, 0) is 18.9 Å². The van der Waals surface area contributed by atoms with Crippen molar-refractivity contribution in [2.24, 2.45) is 5.92 Å². The molecule has 1 heterocycles. The third kappa shape index (κ3) is 3.45. The first kappa shape index (κ1) is 14.5. The van der Waals surface area contributed by atoms with Crippen LogP contribution in [-0.4, -0.2) is 35.9 Å². The van der Waals surface area contributed by atoms with Gasteiger partial charge in [-0.25, -0.2) is 0 Å². The molecule has 100 valence electrons. The summed E-state index contributed by atoms with van der Waals surface area (Å²) in [6.45, 7) is 7.84. The van der Waals surface area contributed by atoms with Crippen molar-refractivity contribution in [3.63, 3.8) is 0 Å². The summed E-state index contributed by atoms with van der Waals surface area (Å²) in [5.41, 5.74) is 1.47. The van der Waals surface area contributed by atoms with E-state index in [-0.39, 0.29) is 5.91 Å². The van der Waals surface area contributed by atoms with Crippen molar-refractivity contribution in [3.8, 4) is 0 Å². The molecule has 1 N–H and O–H groups in total. The van der Waals surface area contributed by atoms with E-state index in [1.54, 1.807) is 12.4 Å². The molecule has 0 aliphatic carbocycles. The number of pyridine rings is 1. The predicted molar refractivity (Wildman–Crippen MR) is 74.8 cm³/mol. The van der Waals surface area contributed by atoms with Gasteiger partial charge in [-0.2, -0.15) is 0 Å². The molecule has 0 bridgehead atoms. The van der Waals surface area contributed by atoms with Crippen LogP contribution in [0.3, 0.4) is 0 Å². The minimum atomic E-state index is 0.0512. The van der Waals surface area contributed by atoms with E-state index in [0.29, 0.717) is 11.5 Å². The number of hydrogen-bond donors (Lipinski definition) is 1. The Bertz CT molecular complexity index is 392. The van der Waals surface area contributed by atoms with Crippen LogP contribution in [0.5, 0.6) is 0 Å². The number of hydrogen-bond acceptors (Lipinski definition) is 3. The molecule has 0 fully saturated rings. The normalized spacial score (nSPS) is 12.0. The van der Waals surface area contributed by atoms with Crippen LogP contribution in [0.25, 0.3) is 0 Å². The first-order valence-corrected chi connectivity index (χ1v) is 6.55. The number of nitrogens with one attached hydrogen (secondary N) is 1. The van der Waals surface area contributed by atoms with Crippen LogP contribution in [0.2, 0.25) is 0 Å². The molecule has 0 aliphatic rings. The van der Waals surface area contributed by atoms with E-state index >= 15 is 0 Å². The van der Waals surface area contributed by atoms with Crippen molar-refractivity contribution in [3.05, 3.63) is 24.0 Å². The highest BCUT2D eigenvalue weighted by molar-refractivity contribution is 5.99. The maximum atomic E-state index is 12.5. The van der Waals surface area contributed by atoms with Crippen molar-refractivity contribution in [1.82, 2.24) is 9.88 Å². The smallest absolute Gasteiger partial charge is 0.257 e. The van der Waals surface area contributed by atoms with Gasteiger partial charge in [0, 0.05) is 38.2 Å². The van der Waals surface area contributed by atoms with Gasteiger partial charge in [0.1, 0.15) is 0 Å². The van der Waals surface area contributed by atoms with E-state index in [9.17, 15) is 4.79 Å². The minimum Gasteiger partial charge on any atom is -0.387 e. The Kier molecular flexibility index (Phi) is 5.62. The second-order valence-corrected chi connectivity index (χ2v) is 4.53. The summed E-state index contributed by atoms with van der Waals surface area (Å²) in [4.78, 5) is 18.4. The second kappa shape index (κ2) is 6.99. The van der Waals surface area contributed by atoms with Crippen molar-refractivity contribution in [2.75, 3.05) is 25.5 Å².